The molecule has 0 aromatic carbocycles. The molecule has 1 rings (SSSR count). The third-order valence-corrected chi connectivity index (χ3v) is 3.39. The van der Waals surface area contributed by atoms with E-state index in [9.17, 15) is 0 Å². The van der Waals surface area contributed by atoms with Gasteiger partial charge in [0.15, 0.2) is 0 Å². The van der Waals surface area contributed by atoms with Crippen LogP contribution in [0, 0.1) is 16.7 Å². The Morgan fingerprint density at radius 1 is 1.53 bits per heavy atom. The number of methoxy groups -OCH3 is 1. The lowest BCUT2D eigenvalue weighted by molar-refractivity contribution is 0.170. The minimum absolute atomic E-state index is 0.370. The molecular formula is C12H22N2O. The molecule has 3 heteroatoms. The highest BCUT2D eigenvalue weighted by Gasteiger charge is 2.41. The van der Waals surface area contributed by atoms with Crippen LogP contribution in [0.3, 0.4) is 0 Å². The van der Waals surface area contributed by atoms with Gasteiger partial charge in [-0.1, -0.05) is 6.92 Å². The maximum atomic E-state index is 8.64. The molecule has 0 saturated heterocycles. The summed E-state index contributed by atoms with van der Waals surface area (Å²) in [6, 6.07) is 2.60. The second kappa shape index (κ2) is 6.09. The molecule has 15 heavy (non-hydrogen) atoms. The molecular weight excluding hydrogens is 188 g/mol. The van der Waals surface area contributed by atoms with Crippen LogP contribution in [-0.4, -0.2) is 26.3 Å². The van der Waals surface area contributed by atoms with Gasteiger partial charge in [-0.15, -0.1) is 0 Å². The Hall–Kier alpha value is -0.590. The molecule has 0 radical (unpaired) electrons. The van der Waals surface area contributed by atoms with Crippen LogP contribution in [0.2, 0.25) is 0 Å². The van der Waals surface area contributed by atoms with Crippen molar-refractivity contribution in [2.45, 2.75) is 45.1 Å². The first-order chi connectivity index (χ1) is 7.26. The molecule has 1 N–H and O–H groups in total. The fourth-order valence-electron chi connectivity index (χ4n) is 1.84. The summed E-state index contributed by atoms with van der Waals surface area (Å²) in [5.74, 6) is 0. The summed E-state index contributed by atoms with van der Waals surface area (Å²) in [5, 5.41) is 12.1. The fraction of sp³-hybridized carbons (Fsp3) is 0.917. The Morgan fingerprint density at radius 3 is 2.73 bits per heavy atom. The van der Waals surface area contributed by atoms with Crippen LogP contribution < -0.4 is 5.32 Å². The van der Waals surface area contributed by atoms with Crippen LogP contribution in [-0.2, 0) is 4.74 Å². The van der Waals surface area contributed by atoms with Gasteiger partial charge in [0.1, 0.15) is 0 Å². The molecule has 1 unspecified atom stereocenters. The smallest absolute Gasteiger partial charge is 0.0638 e. The first-order valence-corrected chi connectivity index (χ1v) is 5.85. The molecule has 3 nitrogen and oxygen atoms in total. The third-order valence-electron chi connectivity index (χ3n) is 3.39. The van der Waals surface area contributed by atoms with E-state index in [1.54, 1.807) is 7.11 Å². The molecule has 1 aliphatic carbocycles. The summed E-state index contributed by atoms with van der Waals surface area (Å²) in [6.45, 7) is 4.04. The van der Waals surface area contributed by atoms with Gasteiger partial charge in [0.2, 0.25) is 0 Å². The van der Waals surface area contributed by atoms with E-state index in [4.69, 9.17) is 10.00 Å². The second-order valence-corrected chi connectivity index (χ2v) is 4.59. The summed E-state index contributed by atoms with van der Waals surface area (Å²) >= 11 is 0. The lowest BCUT2D eigenvalue weighted by Gasteiger charge is -2.19. The molecule has 0 spiro atoms. The number of hydrogen-bond acceptors (Lipinski definition) is 3. The summed E-state index contributed by atoms with van der Waals surface area (Å²) < 4.78 is 5.12. The molecule has 1 fully saturated rings. The maximum Gasteiger partial charge on any atom is 0.0638 e. The highest BCUT2D eigenvalue weighted by atomic mass is 16.5. The molecule has 0 amide bonds. The number of nitriles is 1. The summed E-state index contributed by atoms with van der Waals surface area (Å²) in [4.78, 5) is 0. The zero-order valence-corrected chi connectivity index (χ0v) is 9.88. The van der Waals surface area contributed by atoms with E-state index >= 15 is 0 Å². The predicted molar refractivity (Wildman–Crippen MR) is 60.5 cm³/mol. The second-order valence-electron chi connectivity index (χ2n) is 4.59. The quantitative estimate of drug-likeness (QED) is 0.667. The highest BCUT2D eigenvalue weighted by Crippen LogP contribution is 2.48. The number of nitrogens with one attached hydrogen (secondary N) is 1. The summed E-state index contributed by atoms with van der Waals surface area (Å²) in [6.07, 6.45) is 5.43. The molecule has 0 heterocycles. The molecule has 0 bridgehead atoms. The average molecular weight is 210 g/mol. The van der Waals surface area contributed by atoms with Crippen molar-refractivity contribution >= 4 is 0 Å². The lowest BCUT2D eigenvalue weighted by atomic mass is 10.0. The maximum absolute atomic E-state index is 8.64. The zero-order chi connectivity index (χ0) is 11.1. The first-order valence-electron chi connectivity index (χ1n) is 5.85. The van der Waals surface area contributed by atoms with Crippen molar-refractivity contribution in [1.29, 1.82) is 5.26 Å². The van der Waals surface area contributed by atoms with Crippen LogP contribution in [0.4, 0.5) is 0 Å². The largest absolute Gasteiger partial charge is 0.385 e. The highest BCUT2D eigenvalue weighted by molar-refractivity contribution is 4.95. The molecule has 0 aliphatic heterocycles. The zero-order valence-electron chi connectivity index (χ0n) is 9.88. The average Bonchev–Trinajstić information content (AvgIpc) is 3.02. The molecule has 86 valence electrons. The van der Waals surface area contributed by atoms with Crippen molar-refractivity contribution in [2.75, 3.05) is 20.3 Å². The van der Waals surface area contributed by atoms with Gasteiger partial charge in [-0.25, -0.2) is 0 Å². The molecule has 0 aromatic rings. The molecule has 1 saturated carbocycles. The Balaban J connectivity index is 2.20. The number of hydrogen-bond donors (Lipinski definition) is 1. The van der Waals surface area contributed by atoms with Gasteiger partial charge in [-0.05, 0) is 31.1 Å². The molecule has 1 aliphatic rings. The number of rotatable bonds is 8. The van der Waals surface area contributed by atoms with Crippen LogP contribution in [0.5, 0.6) is 0 Å². The van der Waals surface area contributed by atoms with Gasteiger partial charge in [0.05, 0.1) is 12.5 Å². The van der Waals surface area contributed by atoms with E-state index in [-0.39, 0.29) is 0 Å². The third kappa shape index (κ3) is 4.19. The minimum atomic E-state index is 0.370. The van der Waals surface area contributed by atoms with Gasteiger partial charge in [-0.3, -0.25) is 0 Å². The Morgan fingerprint density at radius 2 is 2.27 bits per heavy atom. The molecule has 1 atom stereocenters. The van der Waals surface area contributed by atoms with E-state index in [0.717, 1.165) is 26.0 Å². The van der Waals surface area contributed by atoms with Crippen molar-refractivity contribution in [3.05, 3.63) is 0 Å². The van der Waals surface area contributed by atoms with Crippen molar-refractivity contribution < 1.29 is 4.74 Å². The van der Waals surface area contributed by atoms with E-state index in [0.29, 0.717) is 17.9 Å². The van der Waals surface area contributed by atoms with Gasteiger partial charge in [0.25, 0.3) is 0 Å². The Kier molecular flexibility index (Phi) is 5.07. The van der Waals surface area contributed by atoms with Crippen LogP contribution in [0.15, 0.2) is 0 Å². The van der Waals surface area contributed by atoms with Gasteiger partial charge in [0, 0.05) is 26.3 Å². The topological polar surface area (TPSA) is 45.0 Å². The van der Waals surface area contributed by atoms with E-state index in [1.807, 2.05) is 0 Å². The van der Waals surface area contributed by atoms with E-state index in [2.05, 4.69) is 18.3 Å². The van der Waals surface area contributed by atoms with Crippen LogP contribution in [0.1, 0.15) is 39.0 Å². The fourth-order valence-corrected chi connectivity index (χ4v) is 1.84. The Labute approximate surface area is 92.8 Å². The van der Waals surface area contributed by atoms with Crippen molar-refractivity contribution in [3.8, 4) is 6.07 Å². The number of nitrogens with zero attached hydrogens (tertiary/aromatic N) is 1. The lowest BCUT2D eigenvalue weighted by Crippen LogP contribution is -2.34. The summed E-state index contributed by atoms with van der Waals surface area (Å²) in [5.41, 5.74) is 0.485. The van der Waals surface area contributed by atoms with Crippen molar-refractivity contribution in [1.82, 2.24) is 5.32 Å². The van der Waals surface area contributed by atoms with Gasteiger partial charge >= 0.3 is 0 Å². The minimum Gasteiger partial charge on any atom is -0.385 e. The van der Waals surface area contributed by atoms with Gasteiger partial charge < -0.3 is 10.1 Å². The predicted octanol–water partition coefficient (Wildman–Crippen LogP) is 2.08. The van der Waals surface area contributed by atoms with Crippen LogP contribution >= 0.6 is 0 Å². The van der Waals surface area contributed by atoms with Gasteiger partial charge in [-0.2, -0.15) is 5.26 Å². The van der Waals surface area contributed by atoms with E-state index < -0.39 is 0 Å². The summed E-state index contributed by atoms with van der Waals surface area (Å²) in [7, 11) is 1.76. The van der Waals surface area contributed by atoms with Crippen molar-refractivity contribution in [2.24, 2.45) is 5.41 Å². The Bertz CT molecular complexity index is 218. The molecule has 0 aromatic heterocycles. The van der Waals surface area contributed by atoms with Crippen molar-refractivity contribution in [3.63, 3.8) is 0 Å². The number of ether oxygens (including phenoxy) is 1. The standard InChI is InChI=1S/C12H22N2O/c1-3-11(4-8-13)14-10-12(5-6-12)7-9-15-2/h11,14H,3-7,9-10H2,1-2H3. The monoisotopic (exact) mass is 210 g/mol. The first kappa shape index (κ1) is 12.5. The SMILES string of the molecule is CCC(CC#N)NCC1(CCOC)CC1. The normalized spacial score (nSPS) is 19.5. The van der Waals surface area contributed by atoms with Crippen LogP contribution in [0.25, 0.3) is 0 Å². The van der Waals surface area contributed by atoms with E-state index in [1.165, 1.54) is 12.8 Å².